The number of halogens is 1. The van der Waals surface area contributed by atoms with Gasteiger partial charge in [-0.05, 0) is 67.1 Å². The fourth-order valence-electron chi connectivity index (χ4n) is 5.13. The Morgan fingerprint density at radius 3 is 2.35 bits per heavy atom. The van der Waals surface area contributed by atoms with Crippen LogP contribution in [0.5, 0.6) is 11.5 Å². The van der Waals surface area contributed by atoms with E-state index in [1.54, 1.807) is 79.7 Å². The first-order chi connectivity index (χ1) is 22.9. The van der Waals surface area contributed by atoms with E-state index in [-0.39, 0.29) is 42.5 Å². The molecule has 0 fully saturated rings. The largest absolute Gasteiger partial charge is 0.755 e. The van der Waals surface area contributed by atoms with Gasteiger partial charge in [0.15, 0.2) is 0 Å². The lowest BCUT2D eigenvalue weighted by molar-refractivity contribution is 0.0910. The Bertz CT molecular complexity index is 1990. The van der Waals surface area contributed by atoms with Crippen LogP contribution in [0.25, 0.3) is 33.4 Å². The zero-order valence-electron chi connectivity index (χ0n) is 26.8. The number of aliphatic hydroxyl groups excluding tert-OH is 1. The van der Waals surface area contributed by atoms with Crippen LogP contribution in [-0.2, 0) is 11.3 Å². The van der Waals surface area contributed by atoms with Gasteiger partial charge in [0.2, 0.25) is 0 Å². The number of fused-ring (bicyclic) bond motifs is 1. The molecule has 1 heterocycles. The van der Waals surface area contributed by atoms with Gasteiger partial charge in [-0.2, -0.15) is 0 Å². The number of benzene rings is 4. The van der Waals surface area contributed by atoms with E-state index in [0.717, 1.165) is 4.31 Å². The van der Waals surface area contributed by atoms with E-state index in [0.29, 0.717) is 44.8 Å². The molecule has 0 saturated carbocycles. The third-order valence-electron chi connectivity index (χ3n) is 7.74. The number of amides is 2. The molecule has 5 aromatic rings. The highest BCUT2D eigenvalue weighted by Crippen LogP contribution is 2.42. The molecule has 12 heteroatoms. The van der Waals surface area contributed by atoms with Crippen molar-refractivity contribution in [3.63, 3.8) is 0 Å². The first kappa shape index (κ1) is 34.3. The normalized spacial score (nSPS) is 12.1. The summed E-state index contributed by atoms with van der Waals surface area (Å²) in [5.74, 6) is -0.212. The number of carbonyl (C=O) groups is 2. The number of anilines is 1. The SMILES string of the molecule is CCN(c1cc2oc(-c3ccc(Oc4cccc(F)c4)cc3)c(C(=O)NC)c2cc1-c1cccc(C(=O)NCC(C)(C)CO)c1)S(=O)[O-]. The standard InChI is InChI=1S/C36H36FN3O7S/c1-5-40(48(44)45)30-19-31-29(18-28(30)23-8-6-9-24(16-23)34(42)39-20-36(2,3)21-41)32(35(43)38-4)33(47-31)22-12-14-26(15-13-22)46-27-11-7-10-25(37)17-27/h6-19,41H,5,20-21H2,1-4H3,(H,38,43)(H,39,42)(H,44,45)/p-1. The van der Waals surface area contributed by atoms with Crippen molar-refractivity contribution < 1.29 is 37.0 Å². The molecule has 2 amide bonds. The lowest BCUT2D eigenvalue weighted by Crippen LogP contribution is -2.36. The van der Waals surface area contributed by atoms with Gasteiger partial charge in [-0.15, -0.1) is 0 Å². The molecular formula is C36H35FN3O7S-. The van der Waals surface area contributed by atoms with Crippen molar-refractivity contribution in [1.29, 1.82) is 0 Å². The van der Waals surface area contributed by atoms with Gasteiger partial charge < -0.3 is 33.8 Å². The molecule has 0 radical (unpaired) electrons. The molecule has 1 aromatic heterocycles. The van der Waals surface area contributed by atoms with Crippen LogP contribution in [-0.4, -0.2) is 52.4 Å². The summed E-state index contributed by atoms with van der Waals surface area (Å²) in [7, 11) is 1.50. The molecule has 1 atom stereocenters. The van der Waals surface area contributed by atoms with E-state index in [1.807, 2.05) is 13.8 Å². The van der Waals surface area contributed by atoms with Gasteiger partial charge in [0, 0.05) is 77.6 Å². The molecule has 10 nitrogen and oxygen atoms in total. The third-order valence-corrected chi connectivity index (χ3v) is 8.55. The summed E-state index contributed by atoms with van der Waals surface area (Å²) in [6.07, 6.45) is 0. The van der Waals surface area contributed by atoms with Crippen LogP contribution in [0.1, 0.15) is 41.5 Å². The van der Waals surface area contributed by atoms with Crippen molar-refractivity contribution in [2.24, 2.45) is 5.41 Å². The van der Waals surface area contributed by atoms with Crippen LogP contribution < -0.4 is 19.7 Å². The second-order valence-electron chi connectivity index (χ2n) is 11.8. The molecule has 0 saturated heterocycles. The molecule has 0 aliphatic heterocycles. The maximum absolute atomic E-state index is 13.6. The fraction of sp³-hybridized carbons (Fsp3) is 0.222. The smallest absolute Gasteiger partial charge is 0.255 e. The average molecular weight is 673 g/mol. The van der Waals surface area contributed by atoms with Crippen molar-refractivity contribution in [1.82, 2.24) is 10.6 Å². The van der Waals surface area contributed by atoms with E-state index in [4.69, 9.17) is 9.15 Å². The minimum atomic E-state index is -2.65. The highest BCUT2D eigenvalue weighted by molar-refractivity contribution is 7.80. The summed E-state index contributed by atoms with van der Waals surface area (Å²) in [4.78, 5) is 26.4. The lowest BCUT2D eigenvalue weighted by atomic mass is 9.94. The molecule has 0 aliphatic rings. The predicted molar refractivity (Wildman–Crippen MR) is 182 cm³/mol. The number of ether oxygens (including phenoxy) is 1. The van der Waals surface area contributed by atoms with E-state index < -0.39 is 28.4 Å². The zero-order chi connectivity index (χ0) is 34.6. The molecule has 5 rings (SSSR count). The number of aliphatic hydroxyl groups is 1. The second-order valence-corrected chi connectivity index (χ2v) is 12.7. The molecule has 3 N–H and O–H groups in total. The quantitative estimate of drug-likeness (QED) is 0.130. The maximum Gasteiger partial charge on any atom is 0.255 e. The summed E-state index contributed by atoms with van der Waals surface area (Å²) >= 11 is -2.65. The lowest BCUT2D eigenvalue weighted by Gasteiger charge is -2.27. The van der Waals surface area contributed by atoms with E-state index in [9.17, 15) is 27.8 Å². The van der Waals surface area contributed by atoms with E-state index >= 15 is 0 Å². The van der Waals surface area contributed by atoms with Crippen molar-refractivity contribution in [3.8, 4) is 33.9 Å². The minimum Gasteiger partial charge on any atom is -0.755 e. The van der Waals surface area contributed by atoms with Gasteiger partial charge in [0.05, 0.1) is 11.3 Å². The third kappa shape index (κ3) is 7.41. The Morgan fingerprint density at radius 2 is 1.71 bits per heavy atom. The van der Waals surface area contributed by atoms with Crippen molar-refractivity contribution >= 4 is 39.7 Å². The van der Waals surface area contributed by atoms with Crippen molar-refractivity contribution in [2.75, 3.05) is 31.0 Å². The molecule has 0 bridgehead atoms. The molecule has 250 valence electrons. The number of nitrogens with one attached hydrogen (secondary N) is 2. The molecule has 1 unspecified atom stereocenters. The Labute approximate surface area is 279 Å². The van der Waals surface area contributed by atoms with E-state index in [2.05, 4.69) is 10.6 Å². The molecule has 0 aliphatic carbocycles. The highest BCUT2D eigenvalue weighted by Gasteiger charge is 2.25. The number of hydrogen-bond acceptors (Lipinski definition) is 7. The Balaban J connectivity index is 1.62. The molecule has 48 heavy (non-hydrogen) atoms. The molecule has 4 aromatic carbocycles. The van der Waals surface area contributed by atoms with Crippen LogP contribution >= 0.6 is 0 Å². The summed E-state index contributed by atoms with van der Waals surface area (Å²) in [6.45, 7) is 5.58. The van der Waals surface area contributed by atoms with Gasteiger partial charge in [0.25, 0.3) is 11.8 Å². The Kier molecular flexibility index (Phi) is 10.3. The highest BCUT2D eigenvalue weighted by atomic mass is 32.2. The number of hydrogen-bond donors (Lipinski definition) is 3. The number of rotatable bonds is 12. The monoisotopic (exact) mass is 672 g/mol. The van der Waals surface area contributed by atoms with Gasteiger partial charge >= 0.3 is 0 Å². The van der Waals surface area contributed by atoms with Crippen LogP contribution in [0.2, 0.25) is 0 Å². The van der Waals surface area contributed by atoms with Gasteiger partial charge in [-0.1, -0.05) is 32.0 Å². The van der Waals surface area contributed by atoms with Gasteiger partial charge in [-0.25, -0.2) is 4.39 Å². The van der Waals surface area contributed by atoms with Crippen LogP contribution in [0.15, 0.2) is 89.3 Å². The van der Waals surface area contributed by atoms with Crippen LogP contribution in [0, 0.1) is 11.2 Å². The molecule has 0 spiro atoms. The second kappa shape index (κ2) is 14.4. The summed E-state index contributed by atoms with van der Waals surface area (Å²) < 4.78 is 51.6. The predicted octanol–water partition coefficient (Wildman–Crippen LogP) is 6.43. The van der Waals surface area contributed by atoms with Crippen molar-refractivity contribution in [2.45, 2.75) is 20.8 Å². The Morgan fingerprint density at radius 1 is 0.979 bits per heavy atom. The van der Waals surface area contributed by atoms with Gasteiger partial charge in [-0.3, -0.25) is 13.8 Å². The summed E-state index contributed by atoms with van der Waals surface area (Å²) in [5, 5.41) is 15.5. The summed E-state index contributed by atoms with van der Waals surface area (Å²) in [6, 6.07) is 22.4. The first-order valence-corrected chi connectivity index (χ1v) is 16.2. The maximum atomic E-state index is 13.6. The first-order valence-electron chi connectivity index (χ1n) is 15.2. The fourth-order valence-corrected chi connectivity index (χ4v) is 5.65. The molecular weight excluding hydrogens is 637 g/mol. The van der Waals surface area contributed by atoms with E-state index in [1.165, 1.54) is 19.2 Å². The topological polar surface area (TPSA) is 144 Å². The van der Waals surface area contributed by atoms with Crippen LogP contribution in [0.4, 0.5) is 10.1 Å². The number of furan rings is 1. The average Bonchev–Trinajstić information content (AvgIpc) is 3.45. The zero-order valence-corrected chi connectivity index (χ0v) is 27.7. The number of nitrogens with zero attached hydrogens (tertiary/aromatic N) is 1. The Hall–Kier alpha value is -5.04. The summed E-state index contributed by atoms with van der Waals surface area (Å²) in [5.41, 5.74) is 2.14. The number of carbonyl (C=O) groups excluding carboxylic acids is 2. The van der Waals surface area contributed by atoms with Gasteiger partial charge in [0.1, 0.15) is 28.7 Å². The van der Waals surface area contributed by atoms with Crippen molar-refractivity contribution in [3.05, 3.63) is 102 Å². The van der Waals surface area contributed by atoms with Crippen LogP contribution in [0.3, 0.4) is 0 Å². The minimum absolute atomic E-state index is 0.105.